The fourth-order valence-corrected chi connectivity index (χ4v) is 1.38. The van der Waals surface area contributed by atoms with Gasteiger partial charge in [0, 0.05) is 22.6 Å². The van der Waals surface area contributed by atoms with E-state index in [0.717, 1.165) is 5.69 Å². The molecular formula is C11H10ClN3O. The SMILES string of the molecule is Cc1cnc(C(=O)Nc2ccc(Cl)cc2)[nH]1. The van der Waals surface area contributed by atoms with E-state index in [0.29, 0.717) is 16.5 Å². The zero-order valence-electron chi connectivity index (χ0n) is 8.62. The van der Waals surface area contributed by atoms with Gasteiger partial charge >= 0.3 is 0 Å². The Bertz CT molecular complexity index is 504. The summed E-state index contributed by atoms with van der Waals surface area (Å²) < 4.78 is 0. The van der Waals surface area contributed by atoms with Crippen molar-refractivity contribution in [3.63, 3.8) is 0 Å². The lowest BCUT2D eigenvalue weighted by Crippen LogP contribution is -2.13. The molecule has 2 N–H and O–H groups in total. The Labute approximate surface area is 97.7 Å². The van der Waals surface area contributed by atoms with Gasteiger partial charge < -0.3 is 10.3 Å². The van der Waals surface area contributed by atoms with Crippen LogP contribution in [-0.2, 0) is 0 Å². The van der Waals surface area contributed by atoms with Crippen LogP contribution in [0, 0.1) is 6.92 Å². The predicted molar refractivity (Wildman–Crippen MR) is 62.7 cm³/mol. The van der Waals surface area contributed by atoms with Crippen molar-refractivity contribution < 1.29 is 4.79 Å². The number of aryl methyl sites for hydroxylation is 1. The van der Waals surface area contributed by atoms with Crippen molar-refractivity contribution in [2.24, 2.45) is 0 Å². The van der Waals surface area contributed by atoms with Gasteiger partial charge in [-0.15, -0.1) is 0 Å². The highest BCUT2D eigenvalue weighted by molar-refractivity contribution is 6.30. The van der Waals surface area contributed by atoms with Gasteiger partial charge in [-0.25, -0.2) is 4.98 Å². The van der Waals surface area contributed by atoms with E-state index >= 15 is 0 Å². The molecule has 4 nitrogen and oxygen atoms in total. The van der Waals surface area contributed by atoms with E-state index < -0.39 is 0 Å². The highest BCUT2D eigenvalue weighted by Crippen LogP contribution is 2.13. The predicted octanol–water partition coefficient (Wildman–Crippen LogP) is 2.62. The Hall–Kier alpha value is -1.81. The Balaban J connectivity index is 2.10. The molecule has 0 aliphatic carbocycles. The number of anilines is 1. The van der Waals surface area contributed by atoms with Crippen LogP contribution < -0.4 is 5.32 Å². The first kappa shape index (κ1) is 10.7. The van der Waals surface area contributed by atoms with Crippen molar-refractivity contribution in [3.8, 4) is 0 Å². The van der Waals surface area contributed by atoms with E-state index in [4.69, 9.17) is 11.6 Å². The fourth-order valence-electron chi connectivity index (χ4n) is 1.25. The van der Waals surface area contributed by atoms with Crippen LogP contribution in [0.25, 0.3) is 0 Å². The lowest BCUT2D eigenvalue weighted by Gasteiger charge is -2.02. The summed E-state index contributed by atoms with van der Waals surface area (Å²) in [6, 6.07) is 6.89. The number of hydrogen-bond acceptors (Lipinski definition) is 2. The second-order valence-electron chi connectivity index (χ2n) is 3.38. The molecular weight excluding hydrogens is 226 g/mol. The highest BCUT2D eigenvalue weighted by atomic mass is 35.5. The quantitative estimate of drug-likeness (QED) is 0.841. The maximum Gasteiger partial charge on any atom is 0.291 e. The summed E-state index contributed by atoms with van der Waals surface area (Å²) >= 11 is 5.74. The molecule has 16 heavy (non-hydrogen) atoms. The molecule has 82 valence electrons. The van der Waals surface area contributed by atoms with Crippen molar-refractivity contribution in [3.05, 3.63) is 47.0 Å². The zero-order valence-corrected chi connectivity index (χ0v) is 9.38. The molecule has 1 heterocycles. The third kappa shape index (κ3) is 2.41. The first-order valence-corrected chi connectivity index (χ1v) is 5.11. The molecule has 0 saturated heterocycles. The maximum atomic E-state index is 11.7. The van der Waals surface area contributed by atoms with Crippen LogP contribution in [-0.4, -0.2) is 15.9 Å². The minimum absolute atomic E-state index is 0.268. The van der Waals surface area contributed by atoms with Crippen molar-refractivity contribution in [2.75, 3.05) is 5.32 Å². The van der Waals surface area contributed by atoms with Crippen molar-refractivity contribution >= 4 is 23.2 Å². The van der Waals surface area contributed by atoms with Gasteiger partial charge in [0.1, 0.15) is 0 Å². The van der Waals surface area contributed by atoms with E-state index in [1.54, 1.807) is 30.5 Å². The topological polar surface area (TPSA) is 57.8 Å². The van der Waals surface area contributed by atoms with Gasteiger partial charge in [-0.3, -0.25) is 4.79 Å². The number of amides is 1. The molecule has 0 bridgehead atoms. The minimum Gasteiger partial charge on any atom is -0.338 e. The number of imidazole rings is 1. The summed E-state index contributed by atoms with van der Waals surface area (Å²) in [6.45, 7) is 1.84. The molecule has 0 radical (unpaired) electrons. The molecule has 2 rings (SSSR count). The molecule has 0 unspecified atom stereocenters. The second kappa shape index (κ2) is 4.37. The smallest absolute Gasteiger partial charge is 0.291 e. The number of carbonyl (C=O) groups is 1. The molecule has 1 aromatic heterocycles. The Morgan fingerprint density at radius 3 is 2.62 bits per heavy atom. The van der Waals surface area contributed by atoms with Gasteiger partial charge in [0.05, 0.1) is 0 Å². The van der Waals surface area contributed by atoms with Crippen LogP contribution in [0.15, 0.2) is 30.5 Å². The number of benzene rings is 1. The van der Waals surface area contributed by atoms with Crippen LogP contribution in [0.3, 0.4) is 0 Å². The second-order valence-corrected chi connectivity index (χ2v) is 3.81. The molecule has 5 heteroatoms. The number of H-pyrrole nitrogens is 1. The first-order chi connectivity index (χ1) is 7.65. The minimum atomic E-state index is -0.268. The lowest BCUT2D eigenvalue weighted by molar-refractivity contribution is 0.101. The molecule has 0 aliphatic rings. The maximum absolute atomic E-state index is 11.7. The van der Waals surface area contributed by atoms with Gasteiger partial charge in [-0.05, 0) is 31.2 Å². The molecule has 0 saturated carbocycles. The average Bonchev–Trinajstić information content (AvgIpc) is 2.68. The van der Waals surface area contributed by atoms with E-state index in [1.807, 2.05) is 6.92 Å². The molecule has 0 aliphatic heterocycles. The monoisotopic (exact) mass is 235 g/mol. The van der Waals surface area contributed by atoms with E-state index in [9.17, 15) is 4.79 Å². The van der Waals surface area contributed by atoms with Crippen LogP contribution in [0.4, 0.5) is 5.69 Å². The van der Waals surface area contributed by atoms with Gasteiger partial charge in [-0.1, -0.05) is 11.6 Å². The van der Waals surface area contributed by atoms with Gasteiger partial charge in [-0.2, -0.15) is 0 Å². The number of hydrogen-bond donors (Lipinski definition) is 2. The number of rotatable bonds is 2. The van der Waals surface area contributed by atoms with E-state index in [1.165, 1.54) is 0 Å². The summed E-state index contributed by atoms with van der Waals surface area (Å²) in [5.74, 6) is 0.0304. The molecule has 1 aromatic carbocycles. The van der Waals surface area contributed by atoms with Crippen molar-refractivity contribution in [2.45, 2.75) is 6.92 Å². The molecule has 0 atom stereocenters. The Morgan fingerprint density at radius 2 is 2.06 bits per heavy atom. The number of carbonyl (C=O) groups excluding carboxylic acids is 1. The van der Waals surface area contributed by atoms with Gasteiger partial charge in [0.25, 0.3) is 5.91 Å². The van der Waals surface area contributed by atoms with Crippen LogP contribution in [0.2, 0.25) is 5.02 Å². The number of aromatic nitrogens is 2. The summed E-state index contributed by atoms with van der Waals surface area (Å²) in [6.07, 6.45) is 1.61. The number of nitrogens with zero attached hydrogens (tertiary/aromatic N) is 1. The van der Waals surface area contributed by atoms with Crippen LogP contribution >= 0.6 is 11.6 Å². The first-order valence-electron chi connectivity index (χ1n) is 4.73. The third-order valence-electron chi connectivity index (χ3n) is 2.02. The lowest BCUT2D eigenvalue weighted by atomic mass is 10.3. The number of halogens is 1. The molecule has 0 fully saturated rings. The molecule has 2 aromatic rings. The summed E-state index contributed by atoms with van der Waals surface area (Å²) in [7, 11) is 0. The fraction of sp³-hybridized carbons (Fsp3) is 0.0909. The average molecular weight is 236 g/mol. The number of nitrogens with one attached hydrogen (secondary N) is 2. The van der Waals surface area contributed by atoms with Crippen molar-refractivity contribution in [1.82, 2.24) is 9.97 Å². The van der Waals surface area contributed by atoms with E-state index in [2.05, 4.69) is 15.3 Å². The zero-order chi connectivity index (χ0) is 11.5. The Kier molecular flexibility index (Phi) is 2.92. The van der Waals surface area contributed by atoms with Crippen molar-refractivity contribution in [1.29, 1.82) is 0 Å². The molecule has 1 amide bonds. The van der Waals surface area contributed by atoms with Gasteiger partial charge in [0.15, 0.2) is 5.82 Å². The standard InChI is InChI=1S/C11H10ClN3O/c1-7-6-13-10(14-7)11(16)15-9-4-2-8(12)3-5-9/h2-6H,1H3,(H,13,14)(H,15,16). The van der Waals surface area contributed by atoms with E-state index in [-0.39, 0.29) is 5.91 Å². The summed E-state index contributed by atoms with van der Waals surface area (Å²) in [5, 5.41) is 3.34. The summed E-state index contributed by atoms with van der Waals surface area (Å²) in [5.41, 5.74) is 1.53. The highest BCUT2D eigenvalue weighted by Gasteiger charge is 2.08. The normalized spacial score (nSPS) is 10.1. The van der Waals surface area contributed by atoms with Crippen LogP contribution in [0.1, 0.15) is 16.3 Å². The Morgan fingerprint density at radius 1 is 1.38 bits per heavy atom. The summed E-state index contributed by atoms with van der Waals surface area (Å²) in [4.78, 5) is 18.5. The number of aromatic amines is 1. The largest absolute Gasteiger partial charge is 0.338 e. The van der Waals surface area contributed by atoms with Crippen LogP contribution in [0.5, 0.6) is 0 Å². The third-order valence-corrected chi connectivity index (χ3v) is 2.27. The van der Waals surface area contributed by atoms with Gasteiger partial charge in [0.2, 0.25) is 0 Å². The molecule has 0 spiro atoms.